The van der Waals surface area contributed by atoms with Crippen molar-refractivity contribution in [2.45, 2.75) is 12.6 Å². The van der Waals surface area contributed by atoms with Gasteiger partial charge in [0.15, 0.2) is 5.82 Å². The van der Waals surface area contributed by atoms with Gasteiger partial charge in [-0.25, -0.2) is 9.37 Å². The number of likely N-dealkylation sites (N-methyl/N-ethyl adjacent to an activating group) is 1. The van der Waals surface area contributed by atoms with Crippen molar-refractivity contribution < 1.29 is 9.13 Å². The molecule has 0 saturated carbocycles. The number of nitrogens with one attached hydrogen (secondary N) is 1. The average molecular weight is 310 g/mol. The molecule has 0 amide bonds. The smallest absolute Gasteiger partial charge is 0.202 e. The molecule has 1 aromatic carbocycles. The molecule has 1 aromatic heterocycles. The highest BCUT2D eigenvalue weighted by molar-refractivity contribution is 7.09. The van der Waals surface area contributed by atoms with Crippen LogP contribution in [0.2, 0.25) is 0 Å². The molecule has 21 heavy (non-hydrogen) atoms. The summed E-state index contributed by atoms with van der Waals surface area (Å²) in [5.41, 5.74) is 0.925. The monoisotopic (exact) mass is 310 g/mol. The van der Waals surface area contributed by atoms with Crippen molar-refractivity contribution in [1.82, 2.24) is 14.3 Å². The Hall–Kier alpha value is -1.57. The molecule has 2 rings (SSSR count). The fourth-order valence-corrected chi connectivity index (χ4v) is 2.59. The van der Waals surface area contributed by atoms with E-state index in [0.717, 1.165) is 10.7 Å². The van der Waals surface area contributed by atoms with Gasteiger partial charge in [0.25, 0.3) is 0 Å². The summed E-state index contributed by atoms with van der Waals surface area (Å²) >= 11 is 1.30. The second kappa shape index (κ2) is 7.44. The molecule has 0 aliphatic carbocycles. The molecule has 1 unspecified atom stereocenters. The topological polar surface area (TPSA) is 50.3 Å². The first-order valence-corrected chi connectivity index (χ1v) is 7.34. The first-order chi connectivity index (χ1) is 10.1. The summed E-state index contributed by atoms with van der Waals surface area (Å²) < 4.78 is 22.5. The van der Waals surface area contributed by atoms with Crippen LogP contribution in [-0.2, 0) is 11.3 Å². The van der Waals surface area contributed by atoms with Crippen molar-refractivity contribution in [2.24, 2.45) is 0 Å². The van der Waals surface area contributed by atoms with E-state index in [1.54, 1.807) is 19.2 Å². The van der Waals surface area contributed by atoms with Gasteiger partial charge in [0.2, 0.25) is 5.13 Å². The molecule has 5 nitrogen and oxygen atoms in total. The SMILES string of the molecule is COCc1nsc(NCC(c2cccc(F)c2)N(C)C)n1. The predicted molar refractivity (Wildman–Crippen MR) is 81.9 cm³/mol. The van der Waals surface area contributed by atoms with Crippen LogP contribution in [0.5, 0.6) is 0 Å². The standard InChI is InChI=1S/C14H19FN4OS/c1-19(2)12(10-5-4-6-11(15)7-10)8-16-14-17-13(9-20-3)18-21-14/h4-7,12H,8-9H2,1-3H3,(H,16,17,18). The van der Waals surface area contributed by atoms with Crippen LogP contribution in [0.4, 0.5) is 9.52 Å². The number of ether oxygens (including phenoxy) is 1. The van der Waals surface area contributed by atoms with E-state index in [-0.39, 0.29) is 11.9 Å². The average Bonchev–Trinajstić information content (AvgIpc) is 2.87. The molecule has 0 spiro atoms. The van der Waals surface area contributed by atoms with Crippen LogP contribution >= 0.6 is 11.5 Å². The number of anilines is 1. The number of halogens is 1. The van der Waals surface area contributed by atoms with Gasteiger partial charge < -0.3 is 15.0 Å². The Morgan fingerprint density at radius 3 is 2.90 bits per heavy atom. The van der Waals surface area contributed by atoms with Crippen molar-refractivity contribution in [2.75, 3.05) is 33.1 Å². The largest absolute Gasteiger partial charge is 0.377 e. The molecule has 1 N–H and O–H groups in total. The van der Waals surface area contributed by atoms with E-state index in [0.29, 0.717) is 19.0 Å². The zero-order valence-electron chi connectivity index (χ0n) is 12.3. The molecule has 114 valence electrons. The van der Waals surface area contributed by atoms with Gasteiger partial charge in [-0.3, -0.25) is 0 Å². The van der Waals surface area contributed by atoms with Crippen LogP contribution in [0, 0.1) is 5.82 Å². The Morgan fingerprint density at radius 1 is 1.43 bits per heavy atom. The van der Waals surface area contributed by atoms with Gasteiger partial charge in [-0.2, -0.15) is 4.37 Å². The molecule has 0 fully saturated rings. The first-order valence-electron chi connectivity index (χ1n) is 6.57. The highest BCUT2D eigenvalue weighted by Gasteiger charge is 2.15. The third kappa shape index (κ3) is 4.45. The Kier molecular flexibility index (Phi) is 5.60. The number of methoxy groups -OCH3 is 1. The lowest BCUT2D eigenvalue weighted by Crippen LogP contribution is -2.26. The van der Waals surface area contributed by atoms with Gasteiger partial charge in [0.1, 0.15) is 12.4 Å². The van der Waals surface area contributed by atoms with Gasteiger partial charge in [0.05, 0.1) is 6.04 Å². The summed E-state index contributed by atoms with van der Waals surface area (Å²) in [5, 5.41) is 3.99. The summed E-state index contributed by atoms with van der Waals surface area (Å²) in [7, 11) is 5.54. The van der Waals surface area contributed by atoms with Crippen molar-refractivity contribution in [1.29, 1.82) is 0 Å². The highest BCUT2D eigenvalue weighted by atomic mass is 32.1. The van der Waals surface area contributed by atoms with Crippen molar-refractivity contribution in [3.8, 4) is 0 Å². The van der Waals surface area contributed by atoms with Gasteiger partial charge in [-0.1, -0.05) is 12.1 Å². The van der Waals surface area contributed by atoms with Crippen LogP contribution in [0.3, 0.4) is 0 Å². The fourth-order valence-electron chi connectivity index (χ4n) is 2.01. The molecule has 2 aromatic rings. The van der Waals surface area contributed by atoms with Gasteiger partial charge >= 0.3 is 0 Å². The number of hydrogen-bond donors (Lipinski definition) is 1. The maximum absolute atomic E-state index is 13.4. The van der Waals surface area contributed by atoms with Crippen LogP contribution in [0.15, 0.2) is 24.3 Å². The maximum Gasteiger partial charge on any atom is 0.202 e. The summed E-state index contributed by atoms with van der Waals surface area (Å²) in [4.78, 5) is 6.36. The van der Waals surface area contributed by atoms with E-state index >= 15 is 0 Å². The minimum absolute atomic E-state index is 0.0514. The van der Waals surface area contributed by atoms with Crippen LogP contribution in [-0.4, -0.2) is 42.0 Å². The van der Waals surface area contributed by atoms with Crippen LogP contribution in [0.1, 0.15) is 17.4 Å². The lowest BCUT2D eigenvalue weighted by Gasteiger charge is -2.24. The Balaban J connectivity index is 2.03. The second-order valence-electron chi connectivity index (χ2n) is 4.86. The number of benzene rings is 1. The minimum Gasteiger partial charge on any atom is -0.377 e. The molecule has 1 heterocycles. The van der Waals surface area contributed by atoms with E-state index in [2.05, 4.69) is 14.7 Å². The van der Waals surface area contributed by atoms with E-state index in [4.69, 9.17) is 4.74 Å². The molecular formula is C14H19FN4OS. The Labute approximate surface area is 127 Å². The second-order valence-corrected chi connectivity index (χ2v) is 5.62. The highest BCUT2D eigenvalue weighted by Crippen LogP contribution is 2.21. The molecule has 0 bridgehead atoms. The summed E-state index contributed by atoms with van der Waals surface area (Å²) in [5.74, 6) is 0.440. The zero-order chi connectivity index (χ0) is 15.2. The Morgan fingerprint density at radius 2 is 2.24 bits per heavy atom. The van der Waals surface area contributed by atoms with E-state index in [1.165, 1.54) is 17.6 Å². The first kappa shape index (κ1) is 15.8. The maximum atomic E-state index is 13.4. The van der Waals surface area contributed by atoms with Crippen molar-refractivity contribution in [3.63, 3.8) is 0 Å². The fraction of sp³-hybridized carbons (Fsp3) is 0.429. The molecule has 7 heteroatoms. The van der Waals surface area contributed by atoms with Crippen LogP contribution < -0.4 is 5.32 Å². The van der Waals surface area contributed by atoms with Crippen LogP contribution in [0.25, 0.3) is 0 Å². The molecule has 1 atom stereocenters. The predicted octanol–water partition coefficient (Wildman–Crippen LogP) is 2.54. The van der Waals surface area contributed by atoms with Crippen molar-refractivity contribution >= 4 is 16.7 Å². The Bertz CT molecular complexity index is 576. The lowest BCUT2D eigenvalue weighted by molar-refractivity contribution is 0.179. The molecule has 0 radical (unpaired) electrons. The number of nitrogens with zero attached hydrogens (tertiary/aromatic N) is 3. The molecule has 0 aliphatic rings. The summed E-state index contributed by atoms with van der Waals surface area (Å²) in [6.45, 7) is 1.03. The summed E-state index contributed by atoms with van der Waals surface area (Å²) in [6, 6.07) is 6.71. The van der Waals surface area contributed by atoms with E-state index in [1.807, 2.05) is 25.1 Å². The minimum atomic E-state index is -0.224. The normalized spacial score (nSPS) is 12.6. The van der Waals surface area contributed by atoms with Crippen molar-refractivity contribution in [3.05, 3.63) is 41.5 Å². The zero-order valence-corrected chi connectivity index (χ0v) is 13.2. The van der Waals surface area contributed by atoms with Gasteiger partial charge in [-0.15, -0.1) is 0 Å². The third-order valence-corrected chi connectivity index (χ3v) is 3.76. The number of rotatable bonds is 7. The lowest BCUT2D eigenvalue weighted by atomic mass is 10.1. The van der Waals surface area contributed by atoms with Gasteiger partial charge in [-0.05, 0) is 31.8 Å². The molecule has 0 aliphatic heterocycles. The summed E-state index contributed by atoms with van der Waals surface area (Å²) in [6.07, 6.45) is 0. The quantitative estimate of drug-likeness (QED) is 0.851. The van der Waals surface area contributed by atoms with E-state index < -0.39 is 0 Å². The third-order valence-electron chi connectivity index (χ3n) is 3.04. The molecular weight excluding hydrogens is 291 g/mol. The number of hydrogen-bond acceptors (Lipinski definition) is 6. The van der Waals surface area contributed by atoms with Gasteiger partial charge in [0, 0.05) is 25.2 Å². The molecule has 0 saturated heterocycles. The number of aromatic nitrogens is 2. The van der Waals surface area contributed by atoms with E-state index in [9.17, 15) is 4.39 Å².